The second-order valence-corrected chi connectivity index (χ2v) is 16.8. The highest BCUT2D eigenvalue weighted by atomic mass is 32.1. The van der Waals surface area contributed by atoms with E-state index < -0.39 is 0 Å². The van der Waals surface area contributed by atoms with Crippen molar-refractivity contribution in [1.82, 2.24) is 19.9 Å². The number of nitrogens with zero attached hydrogens (tertiary/aromatic N) is 4. The first-order chi connectivity index (χ1) is 31.2. The van der Waals surface area contributed by atoms with Gasteiger partial charge in [-0.05, 0) is 62.4 Å². The molecule has 0 aliphatic heterocycles. The molecule has 12 rings (SSSR count). The highest BCUT2D eigenvalue weighted by molar-refractivity contribution is 7.26. The van der Waals surface area contributed by atoms with Gasteiger partial charge in [0.05, 0.1) is 15.9 Å². The van der Waals surface area contributed by atoms with Gasteiger partial charge in [-0.25, -0.2) is 19.9 Å². The zero-order valence-electron chi connectivity index (χ0n) is 34.0. The van der Waals surface area contributed by atoms with Crippen LogP contribution in [0.3, 0.4) is 0 Å². The lowest BCUT2D eigenvalue weighted by Crippen LogP contribution is -2.00. The van der Waals surface area contributed by atoms with Gasteiger partial charge in [-0.3, -0.25) is 0 Å². The predicted molar refractivity (Wildman–Crippen MR) is 264 cm³/mol. The number of benzene rings is 9. The molecular weight excluding hydrogens is 785 g/mol. The van der Waals surface area contributed by atoms with Crippen LogP contribution in [0.5, 0.6) is 0 Å². The summed E-state index contributed by atoms with van der Waals surface area (Å²) in [6.45, 7) is 0. The second-order valence-electron chi connectivity index (χ2n) is 15.8. The largest absolute Gasteiger partial charge is 0.246 e. The van der Waals surface area contributed by atoms with Crippen LogP contribution in [0.25, 0.3) is 121 Å². The molecule has 4 nitrogen and oxygen atoms in total. The molecule has 0 N–H and O–H groups in total. The van der Waals surface area contributed by atoms with Gasteiger partial charge in [0, 0.05) is 43.1 Å². The van der Waals surface area contributed by atoms with Crippen LogP contribution < -0.4 is 0 Å². The molecule has 0 amide bonds. The third kappa shape index (κ3) is 6.72. The number of hydrogen-bond acceptors (Lipinski definition) is 5. The lowest BCUT2D eigenvalue weighted by Gasteiger charge is -2.12. The molecular formula is C58H36N4S. The van der Waals surface area contributed by atoms with Gasteiger partial charge in [0.1, 0.15) is 0 Å². The summed E-state index contributed by atoms with van der Waals surface area (Å²) in [5.41, 5.74) is 12.7. The van der Waals surface area contributed by atoms with Crippen LogP contribution in [0.4, 0.5) is 0 Å². The molecule has 9 aromatic carbocycles. The average Bonchev–Trinajstić information content (AvgIpc) is 3.76. The molecule has 0 bridgehead atoms. The van der Waals surface area contributed by atoms with Gasteiger partial charge in [-0.2, -0.15) is 0 Å². The van der Waals surface area contributed by atoms with Crippen molar-refractivity contribution < 1.29 is 0 Å². The summed E-state index contributed by atoms with van der Waals surface area (Å²) in [6.07, 6.45) is 0. The lowest BCUT2D eigenvalue weighted by atomic mass is 9.97. The number of rotatable bonds is 7. The summed E-state index contributed by atoms with van der Waals surface area (Å²) in [7, 11) is 0. The fraction of sp³-hybridized carbons (Fsp3) is 0. The Morgan fingerprint density at radius 2 is 0.730 bits per heavy atom. The number of aromatic nitrogens is 4. The molecule has 63 heavy (non-hydrogen) atoms. The Labute approximate surface area is 368 Å². The topological polar surface area (TPSA) is 51.6 Å². The van der Waals surface area contributed by atoms with Crippen molar-refractivity contribution in [2.45, 2.75) is 0 Å². The summed E-state index contributed by atoms with van der Waals surface area (Å²) < 4.78 is 2.47. The van der Waals surface area contributed by atoms with Crippen LogP contribution in [-0.2, 0) is 0 Å². The Morgan fingerprint density at radius 3 is 1.32 bits per heavy atom. The van der Waals surface area contributed by atoms with Crippen LogP contribution in [0.1, 0.15) is 0 Å². The number of thiophene rings is 1. The molecule has 0 fully saturated rings. The van der Waals surface area contributed by atoms with Gasteiger partial charge in [-0.1, -0.05) is 200 Å². The van der Waals surface area contributed by atoms with Crippen molar-refractivity contribution in [3.63, 3.8) is 0 Å². The Kier molecular flexibility index (Phi) is 8.98. The van der Waals surface area contributed by atoms with Crippen LogP contribution in [0.15, 0.2) is 218 Å². The van der Waals surface area contributed by atoms with Crippen LogP contribution in [0, 0.1) is 0 Å². The molecule has 0 spiro atoms. The number of hydrogen-bond donors (Lipinski definition) is 0. The van der Waals surface area contributed by atoms with E-state index in [9.17, 15) is 0 Å². The molecule has 0 atom stereocenters. The van der Waals surface area contributed by atoms with Crippen molar-refractivity contribution in [1.29, 1.82) is 0 Å². The molecule has 0 unspecified atom stereocenters. The molecule has 0 saturated carbocycles. The minimum absolute atomic E-state index is 0.620. The second kappa shape index (κ2) is 15.4. The highest BCUT2D eigenvalue weighted by Gasteiger charge is 2.19. The summed E-state index contributed by atoms with van der Waals surface area (Å²) in [4.78, 5) is 20.6. The summed E-state index contributed by atoms with van der Waals surface area (Å²) in [5, 5.41) is 6.22. The standard InChI is InChI=1S/C58H36N4S/c1-3-12-37(13-4-1)39-22-28-43(29-23-39)56-60-57(44-30-24-40(25-31-44)38-14-5-2-6-15-38)62-58(61-56)45-32-26-41(27-33-45)46-17-11-18-47(36-46)54-55-53(49-20-9-10-21-51(49)63-55)52-48-19-8-7-16-42(48)34-35-50(52)59-54/h1-36H. The fourth-order valence-electron chi connectivity index (χ4n) is 8.75. The zero-order valence-corrected chi connectivity index (χ0v) is 34.8. The zero-order chi connectivity index (χ0) is 41.7. The SMILES string of the molecule is c1ccc(-c2ccc(-c3nc(-c4ccc(-c5ccccc5)cc4)nc(-c4ccc(-c5cccc(-c6nc7ccc8ccccc8c7c7c6sc6ccccc67)c5)cc4)n3)cc2)cc1. The molecule has 5 heteroatoms. The fourth-order valence-corrected chi connectivity index (χ4v) is 9.97. The van der Waals surface area contributed by atoms with Crippen molar-refractivity contribution in [3.8, 4) is 78.8 Å². The van der Waals surface area contributed by atoms with Gasteiger partial charge < -0.3 is 0 Å². The van der Waals surface area contributed by atoms with Crippen LogP contribution in [0.2, 0.25) is 0 Å². The first-order valence-electron chi connectivity index (χ1n) is 21.1. The minimum atomic E-state index is 0.620. The summed E-state index contributed by atoms with van der Waals surface area (Å²) >= 11 is 1.82. The van der Waals surface area contributed by atoms with E-state index in [-0.39, 0.29) is 0 Å². The van der Waals surface area contributed by atoms with E-state index in [2.05, 4.69) is 206 Å². The smallest absolute Gasteiger partial charge is 0.164 e. The first-order valence-corrected chi connectivity index (χ1v) is 21.9. The van der Waals surface area contributed by atoms with Crippen molar-refractivity contribution in [3.05, 3.63) is 218 Å². The Bertz CT molecular complexity index is 3540. The molecule has 12 aromatic rings. The van der Waals surface area contributed by atoms with Gasteiger partial charge >= 0.3 is 0 Å². The number of pyridine rings is 1. The monoisotopic (exact) mass is 820 g/mol. The maximum atomic E-state index is 5.40. The molecule has 3 aromatic heterocycles. The number of fused-ring (bicyclic) bond motifs is 7. The van der Waals surface area contributed by atoms with Gasteiger partial charge in [0.15, 0.2) is 17.5 Å². The Balaban J connectivity index is 0.928. The molecule has 0 saturated heterocycles. The maximum Gasteiger partial charge on any atom is 0.164 e. The molecule has 294 valence electrons. The third-order valence-electron chi connectivity index (χ3n) is 11.9. The van der Waals surface area contributed by atoms with Crippen LogP contribution in [-0.4, -0.2) is 19.9 Å². The maximum absolute atomic E-state index is 5.40. The van der Waals surface area contributed by atoms with E-state index in [1.807, 2.05) is 23.5 Å². The van der Waals surface area contributed by atoms with Crippen molar-refractivity contribution in [2.75, 3.05) is 0 Å². The summed E-state index contributed by atoms with van der Waals surface area (Å²) in [5.74, 6) is 1.87. The highest BCUT2D eigenvalue weighted by Crippen LogP contribution is 2.45. The molecule has 0 aliphatic carbocycles. The van der Waals surface area contributed by atoms with Crippen LogP contribution >= 0.6 is 11.3 Å². The predicted octanol–water partition coefficient (Wildman–Crippen LogP) is 15.6. The minimum Gasteiger partial charge on any atom is -0.246 e. The molecule has 0 aliphatic rings. The summed E-state index contributed by atoms with van der Waals surface area (Å²) in [6, 6.07) is 76.8. The van der Waals surface area contributed by atoms with Gasteiger partial charge in [0.2, 0.25) is 0 Å². The van der Waals surface area contributed by atoms with E-state index in [0.29, 0.717) is 17.5 Å². The van der Waals surface area contributed by atoms with E-state index in [1.165, 1.54) is 47.5 Å². The van der Waals surface area contributed by atoms with E-state index >= 15 is 0 Å². The lowest BCUT2D eigenvalue weighted by molar-refractivity contribution is 1.07. The van der Waals surface area contributed by atoms with E-state index in [1.54, 1.807) is 0 Å². The van der Waals surface area contributed by atoms with E-state index in [4.69, 9.17) is 19.9 Å². The van der Waals surface area contributed by atoms with Gasteiger partial charge in [-0.15, -0.1) is 11.3 Å². The quantitative estimate of drug-likeness (QED) is 0.150. The molecule has 0 radical (unpaired) electrons. The molecule has 3 heterocycles. The third-order valence-corrected chi connectivity index (χ3v) is 13.1. The first kappa shape index (κ1) is 36.7. The van der Waals surface area contributed by atoms with Crippen molar-refractivity contribution >= 4 is 53.2 Å². The average molecular weight is 821 g/mol. The van der Waals surface area contributed by atoms with Gasteiger partial charge in [0.25, 0.3) is 0 Å². The van der Waals surface area contributed by atoms with Crippen molar-refractivity contribution in [2.24, 2.45) is 0 Å². The normalized spacial score (nSPS) is 11.5. The Hall–Kier alpha value is -8.12. The Morgan fingerprint density at radius 1 is 0.286 bits per heavy atom. The van der Waals surface area contributed by atoms with E-state index in [0.717, 1.165) is 55.7 Å².